The van der Waals surface area contributed by atoms with Crippen molar-refractivity contribution < 1.29 is 121 Å². The molecule has 4 aliphatic rings. The number of allylic oxidation sites excluding steroid dienone is 8. The molecule has 1 N–H and O–H groups in total. The predicted molar refractivity (Wildman–Crippen MR) is 346 cm³/mol. The number of alkyl halides is 9. The van der Waals surface area contributed by atoms with Gasteiger partial charge < -0.3 is 61.9 Å². The lowest BCUT2D eigenvalue weighted by atomic mass is 9.85. The lowest BCUT2D eigenvalue weighted by molar-refractivity contribution is -0.337. The van der Waals surface area contributed by atoms with E-state index in [1.165, 1.54) is 61.7 Å². The minimum absolute atomic E-state index is 0.00566. The molecule has 26 heteroatoms. The van der Waals surface area contributed by atoms with Gasteiger partial charge in [-0.2, -0.15) is 39.5 Å². The highest BCUT2D eigenvalue weighted by molar-refractivity contribution is 5.88. The summed E-state index contributed by atoms with van der Waals surface area (Å²) in [5.74, 6) is -11.9. The summed E-state index contributed by atoms with van der Waals surface area (Å²) in [5.41, 5.74) is -12.8. The van der Waals surface area contributed by atoms with Crippen LogP contribution >= 0.6 is 0 Å². The fourth-order valence-electron chi connectivity index (χ4n) is 13.3. The number of esters is 4. The van der Waals surface area contributed by atoms with Crippen LogP contribution in [0, 0.1) is 11.8 Å². The summed E-state index contributed by atoms with van der Waals surface area (Å²) in [6.07, 6.45) is -7.79. The molecule has 7 rings (SSSR count). The third kappa shape index (κ3) is 19.4. The maximum atomic E-state index is 15.5. The number of aliphatic hydroxyl groups is 1. The fourth-order valence-corrected chi connectivity index (χ4v) is 13.3. The summed E-state index contributed by atoms with van der Waals surface area (Å²) in [5, 5.41) is 11.1. The van der Waals surface area contributed by atoms with Gasteiger partial charge in [-0.05, 0) is 53.4 Å². The smallest absolute Gasteiger partial charge is 0.432 e. The van der Waals surface area contributed by atoms with E-state index in [0.717, 1.165) is 36.4 Å². The SMILES string of the molecule is COC(=O)/C(C)=C/C=C/C=C/C=C/C=C/C[C@@H]1C[C@H](OC(=O)[C@@](OC)(c2ccccc2)C(F)(F)F)C[C@@]2(C[C@H](OC(=O)[C@@](OC)(c3ccccc3)C(F)(F)F)C[C@H](/C=C/C[C@@H]3C[C@H](C[C@H]4C[C@@H]([C@H](C)[C@@H](OC(=O)[C@@](O)(c5ccccc5)C(F)(F)F)C(C)C)OC(C)(C)O4)OC(C)(C)O3)O2)O1. The summed E-state index contributed by atoms with van der Waals surface area (Å²) in [4.78, 5) is 54.1. The molecule has 100 heavy (non-hydrogen) atoms. The van der Waals surface area contributed by atoms with Gasteiger partial charge in [0.2, 0.25) is 0 Å². The van der Waals surface area contributed by atoms with Crippen molar-refractivity contribution in [3.8, 4) is 0 Å². The Bertz CT molecular complexity index is 3380. The quantitative estimate of drug-likeness (QED) is 0.0198. The van der Waals surface area contributed by atoms with Gasteiger partial charge >= 0.3 is 42.4 Å². The van der Waals surface area contributed by atoms with Crippen LogP contribution in [0.15, 0.2) is 163 Å². The van der Waals surface area contributed by atoms with Crippen molar-refractivity contribution in [2.24, 2.45) is 11.8 Å². The molecule has 3 aromatic rings. The first-order valence-corrected chi connectivity index (χ1v) is 32.9. The maximum absolute atomic E-state index is 15.5. The Morgan fingerprint density at radius 3 is 1.48 bits per heavy atom. The monoisotopic (exact) mass is 1420 g/mol. The van der Waals surface area contributed by atoms with Gasteiger partial charge in [-0.1, -0.05) is 179 Å². The number of rotatable bonds is 26. The lowest BCUT2D eigenvalue weighted by Crippen LogP contribution is -2.58. The number of methoxy groups -OCH3 is 3. The second-order valence-electron chi connectivity index (χ2n) is 26.5. The molecule has 0 bridgehead atoms. The van der Waals surface area contributed by atoms with E-state index in [-0.39, 0.29) is 44.9 Å². The predicted octanol–water partition coefficient (Wildman–Crippen LogP) is 14.6. The fraction of sp³-hybridized carbons (Fsp3) is 0.541. The minimum atomic E-state index is -5.45. The topological polar surface area (TPSA) is 199 Å². The molecule has 0 amide bonds. The first-order chi connectivity index (χ1) is 46.9. The van der Waals surface area contributed by atoms with Crippen molar-refractivity contribution >= 4 is 23.9 Å². The van der Waals surface area contributed by atoms with Crippen LogP contribution in [0.1, 0.15) is 130 Å². The lowest BCUT2D eigenvalue weighted by Gasteiger charge is -2.49. The van der Waals surface area contributed by atoms with Gasteiger partial charge in [0.25, 0.3) is 16.8 Å². The molecule has 1 spiro atoms. The number of halogens is 9. The summed E-state index contributed by atoms with van der Waals surface area (Å²) >= 11 is 0. The molecular weight excluding hydrogens is 1330 g/mol. The summed E-state index contributed by atoms with van der Waals surface area (Å²) in [7, 11) is 2.68. The second kappa shape index (κ2) is 33.4. The van der Waals surface area contributed by atoms with Gasteiger partial charge in [0.05, 0.1) is 43.7 Å². The number of carbonyl (C=O) groups is 4. The van der Waals surface area contributed by atoms with E-state index in [9.17, 15) is 37.5 Å². The maximum Gasteiger partial charge on any atom is 0.432 e. The van der Waals surface area contributed by atoms with E-state index >= 15 is 26.3 Å². The molecule has 0 unspecified atom stereocenters. The Kier molecular flexibility index (Phi) is 26.8. The zero-order valence-electron chi connectivity index (χ0n) is 57.6. The van der Waals surface area contributed by atoms with Gasteiger partial charge in [-0.15, -0.1) is 0 Å². The van der Waals surface area contributed by atoms with Gasteiger partial charge in [-0.3, -0.25) is 0 Å². The number of ether oxygens (including phenoxy) is 12. The zero-order valence-corrected chi connectivity index (χ0v) is 57.6. The Labute approximate surface area is 576 Å². The number of carbonyl (C=O) groups excluding carboxylic acids is 4. The Balaban J connectivity index is 1.16. The molecule has 14 atom stereocenters. The van der Waals surface area contributed by atoms with Crippen molar-refractivity contribution in [2.45, 2.75) is 221 Å². The van der Waals surface area contributed by atoms with E-state index in [1.807, 2.05) is 0 Å². The molecule has 17 nitrogen and oxygen atoms in total. The largest absolute Gasteiger partial charge is 0.466 e. The van der Waals surface area contributed by atoms with Crippen LogP contribution in [0.25, 0.3) is 0 Å². The first-order valence-electron chi connectivity index (χ1n) is 32.9. The van der Waals surface area contributed by atoms with Crippen LogP contribution in [0.3, 0.4) is 0 Å². The third-order valence-electron chi connectivity index (χ3n) is 17.8. The van der Waals surface area contributed by atoms with Crippen LogP contribution in [0.2, 0.25) is 0 Å². The van der Waals surface area contributed by atoms with Gasteiger partial charge in [0.1, 0.15) is 18.3 Å². The molecule has 0 aromatic heterocycles. The van der Waals surface area contributed by atoms with Gasteiger partial charge in [0.15, 0.2) is 17.4 Å². The molecule has 0 radical (unpaired) electrons. The standard InChI is InChI=1S/C74H89F9O17/c1-47(2)61(94-63(85)69(88,72(75,76)77)50-31-22-18-23-32-50)49(4)60-44-57(97-67(7,8)100-60)43-56-40-53(95-66(5,6)96-56)38-29-39-55-42-59(93-65(87)71(91-11,74(81,82)83)52-35-26-20-27-36-52)46-68(99-55)45-58(92-64(86)70(90-10,73(78,79)80)51-33-24-19-25-34-51)41-54(98-68)37-28-17-15-13-12-14-16-21-30-48(3)62(84)89-9/h12-36,39,47,49,53-61,88H,37-38,40-46H2,1-11H3/b14-12+,15-13+,21-16+,28-17+,39-29+,48-30+/t49-,53+,54+,55-,56+,57-,58-,59+,60-,61-,68+,69-,70-,71-/m0/s1. The number of hydrogen-bond donors (Lipinski definition) is 1. The van der Waals surface area contributed by atoms with E-state index < -0.39 is 173 Å². The van der Waals surface area contributed by atoms with E-state index in [0.29, 0.717) is 19.8 Å². The van der Waals surface area contributed by atoms with E-state index in [1.54, 1.807) is 122 Å². The summed E-state index contributed by atoms with van der Waals surface area (Å²) in [6, 6.07) is 18.1. The molecule has 0 aliphatic carbocycles. The van der Waals surface area contributed by atoms with Crippen LogP contribution < -0.4 is 0 Å². The van der Waals surface area contributed by atoms with Crippen LogP contribution in [0.5, 0.6) is 0 Å². The van der Waals surface area contributed by atoms with Crippen molar-refractivity contribution in [3.05, 3.63) is 180 Å². The molecule has 550 valence electrons. The molecule has 4 heterocycles. The summed E-state index contributed by atoms with van der Waals surface area (Å²) in [6.45, 7) is 13.3. The molecule has 4 aliphatic heterocycles. The van der Waals surface area contributed by atoms with Crippen molar-refractivity contribution in [1.82, 2.24) is 0 Å². The van der Waals surface area contributed by atoms with Crippen LogP contribution in [-0.4, -0.2) is 141 Å². The van der Waals surface area contributed by atoms with E-state index in [2.05, 4.69) is 0 Å². The molecule has 4 saturated heterocycles. The molecule has 0 saturated carbocycles. The van der Waals surface area contributed by atoms with Gasteiger partial charge in [-0.25, -0.2) is 19.2 Å². The average Bonchev–Trinajstić information content (AvgIpc) is 0.735. The van der Waals surface area contributed by atoms with Crippen LogP contribution in [0.4, 0.5) is 39.5 Å². The van der Waals surface area contributed by atoms with Gasteiger partial charge in [0, 0.05) is 87.3 Å². The second-order valence-corrected chi connectivity index (χ2v) is 26.5. The average molecular weight is 1420 g/mol. The first kappa shape index (κ1) is 80.3. The molecule has 3 aromatic carbocycles. The van der Waals surface area contributed by atoms with Crippen molar-refractivity contribution in [2.75, 3.05) is 21.3 Å². The highest BCUT2D eigenvalue weighted by Crippen LogP contribution is 2.50. The minimum Gasteiger partial charge on any atom is -0.466 e. The van der Waals surface area contributed by atoms with E-state index in [4.69, 9.17) is 56.8 Å². The highest BCUT2D eigenvalue weighted by Gasteiger charge is 2.67. The number of benzene rings is 3. The Hall–Kier alpha value is -7.01. The van der Waals surface area contributed by atoms with Crippen molar-refractivity contribution in [3.63, 3.8) is 0 Å². The molecule has 4 fully saturated rings. The zero-order chi connectivity index (χ0) is 73.7. The van der Waals surface area contributed by atoms with Crippen LogP contribution in [-0.2, 0) is 92.8 Å². The highest BCUT2D eigenvalue weighted by atomic mass is 19.4. The Morgan fingerprint density at radius 2 is 0.990 bits per heavy atom. The normalized spacial score (nSPS) is 27.2. The van der Waals surface area contributed by atoms with Crippen molar-refractivity contribution in [1.29, 1.82) is 0 Å². The summed E-state index contributed by atoms with van der Waals surface area (Å²) < 4.78 is 208. The third-order valence-corrected chi connectivity index (χ3v) is 17.8. The Morgan fingerprint density at radius 1 is 0.540 bits per heavy atom. The number of hydrogen-bond acceptors (Lipinski definition) is 17. The molecular formula is C74H89F9O17.